The Bertz CT molecular complexity index is 1980. The molecule has 0 radical (unpaired) electrons. The number of benzene rings is 1. The standard InChI is InChI=1S/C27H21ClF2N4O3S2/c1-13-11-32-24(15-5-4-6-20(22(15)29)39(3,36)37)23(30)25(13)34-14(2)9-18(21(28)26(34)35)16-10-17(16)19-12-38-27-31-7-8-33(19)27/h4-9,11-12,16-17H,10H2,1-3H3/t16-,17-/m0/s1. The summed E-state index contributed by atoms with van der Waals surface area (Å²) in [7, 11) is -3.91. The molecule has 0 unspecified atom stereocenters. The third-order valence-corrected chi connectivity index (χ3v) is 9.49. The summed E-state index contributed by atoms with van der Waals surface area (Å²) in [6.07, 6.45) is 6.65. The third kappa shape index (κ3) is 4.11. The van der Waals surface area contributed by atoms with Gasteiger partial charge in [0.15, 0.2) is 26.4 Å². The van der Waals surface area contributed by atoms with Crippen LogP contribution in [0.5, 0.6) is 0 Å². The zero-order valence-electron chi connectivity index (χ0n) is 20.9. The van der Waals surface area contributed by atoms with Gasteiger partial charge in [0.1, 0.15) is 15.6 Å². The molecule has 0 spiro atoms. The highest BCUT2D eigenvalue weighted by atomic mass is 35.5. The SMILES string of the molecule is Cc1cnc(-c2cccc(S(C)(=O)=O)c2F)c(F)c1-n1c(C)cc([C@H]2C[C@@H]2c2csc3nccn23)c(Cl)c1=O. The molecule has 1 aromatic carbocycles. The second kappa shape index (κ2) is 9.07. The number of aryl methyl sites for hydroxylation is 2. The molecule has 1 fully saturated rings. The van der Waals surface area contributed by atoms with E-state index in [1.54, 1.807) is 37.4 Å². The summed E-state index contributed by atoms with van der Waals surface area (Å²) in [5, 5.41) is 2.05. The summed E-state index contributed by atoms with van der Waals surface area (Å²) >= 11 is 8.17. The third-order valence-electron chi connectivity index (χ3n) is 7.12. The van der Waals surface area contributed by atoms with E-state index < -0.39 is 37.6 Å². The molecule has 1 aliphatic carbocycles. The van der Waals surface area contributed by atoms with Crippen LogP contribution in [0.2, 0.25) is 5.02 Å². The fraction of sp³-hybridized carbons (Fsp3) is 0.222. The van der Waals surface area contributed by atoms with Crippen molar-refractivity contribution in [2.45, 2.75) is 37.0 Å². The number of pyridine rings is 2. The van der Waals surface area contributed by atoms with Crippen molar-refractivity contribution in [3.05, 3.63) is 97.8 Å². The number of hydrogen-bond donors (Lipinski definition) is 0. The van der Waals surface area contributed by atoms with E-state index in [2.05, 4.69) is 15.3 Å². The Balaban J connectivity index is 1.45. The van der Waals surface area contributed by atoms with Crippen LogP contribution >= 0.6 is 22.9 Å². The van der Waals surface area contributed by atoms with Gasteiger partial charge in [-0.2, -0.15) is 0 Å². The molecule has 5 aromatic rings. The van der Waals surface area contributed by atoms with Gasteiger partial charge in [0.25, 0.3) is 5.56 Å². The number of aromatic nitrogens is 4. The first-order chi connectivity index (χ1) is 18.5. The molecule has 39 heavy (non-hydrogen) atoms. The van der Waals surface area contributed by atoms with E-state index in [9.17, 15) is 13.2 Å². The molecule has 12 heteroatoms. The molecule has 6 rings (SSSR count). The lowest BCUT2D eigenvalue weighted by Gasteiger charge is -2.18. The highest BCUT2D eigenvalue weighted by Crippen LogP contribution is 2.56. The topological polar surface area (TPSA) is 86.3 Å². The number of nitrogens with zero attached hydrogens (tertiary/aromatic N) is 4. The molecule has 1 aliphatic rings. The van der Waals surface area contributed by atoms with E-state index in [1.807, 2.05) is 10.6 Å². The maximum absolute atomic E-state index is 16.1. The molecule has 4 heterocycles. The largest absolute Gasteiger partial charge is 0.294 e. The minimum atomic E-state index is -3.91. The van der Waals surface area contributed by atoms with Crippen LogP contribution in [0.4, 0.5) is 8.78 Å². The molecule has 2 atom stereocenters. The number of thiazole rings is 1. The second-order valence-electron chi connectivity index (χ2n) is 9.73. The van der Waals surface area contributed by atoms with Gasteiger partial charge in [-0.3, -0.25) is 18.7 Å². The first-order valence-corrected chi connectivity index (χ1v) is 15.1. The van der Waals surface area contributed by atoms with Crippen LogP contribution in [0.1, 0.15) is 40.8 Å². The van der Waals surface area contributed by atoms with Gasteiger partial charge in [-0.05, 0) is 55.5 Å². The molecule has 1 saturated carbocycles. The van der Waals surface area contributed by atoms with Gasteiger partial charge in [0.2, 0.25) is 0 Å². The molecule has 0 aliphatic heterocycles. The lowest BCUT2D eigenvalue weighted by atomic mass is 10.1. The van der Waals surface area contributed by atoms with E-state index in [1.165, 1.54) is 18.3 Å². The van der Waals surface area contributed by atoms with Crippen LogP contribution in [0, 0.1) is 25.5 Å². The average molecular weight is 587 g/mol. The number of rotatable bonds is 5. The van der Waals surface area contributed by atoms with Crippen molar-refractivity contribution in [1.29, 1.82) is 0 Å². The molecule has 200 valence electrons. The van der Waals surface area contributed by atoms with Gasteiger partial charge >= 0.3 is 0 Å². The predicted octanol–water partition coefficient (Wildman–Crippen LogP) is 5.83. The highest BCUT2D eigenvalue weighted by molar-refractivity contribution is 7.90. The van der Waals surface area contributed by atoms with Gasteiger partial charge in [-0.1, -0.05) is 17.7 Å². The molecule has 4 aromatic heterocycles. The Kier molecular flexibility index (Phi) is 6.01. The number of fused-ring (bicyclic) bond motifs is 1. The minimum absolute atomic E-state index is 0.00683. The number of imidazole rings is 1. The van der Waals surface area contributed by atoms with Crippen molar-refractivity contribution >= 4 is 37.7 Å². The molecule has 0 N–H and O–H groups in total. The van der Waals surface area contributed by atoms with E-state index in [0.717, 1.165) is 34.0 Å². The van der Waals surface area contributed by atoms with Crippen LogP contribution in [0.15, 0.2) is 57.9 Å². The van der Waals surface area contributed by atoms with Crippen LogP contribution in [0.3, 0.4) is 0 Å². The van der Waals surface area contributed by atoms with Crippen LogP contribution in [-0.4, -0.2) is 33.6 Å². The van der Waals surface area contributed by atoms with E-state index in [4.69, 9.17) is 11.6 Å². The summed E-state index contributed by atoms with van der Waals surface area (Å²) in [4.78, 5) is 22.3. The molecular formula is C27H21ClF2N4O3S2. The van der Waals surface area contributed by atoms with E-state index in [-0.39, 0.29) is 28.1 Å². The number of hydrogen-bond acceptors (Lipinski definition) is 6. The predicted molar refractivity (Wildman–Crippen MR) is 146 cm³/mol. The quantitative estimate of drug-likeness (QED) is 0.259. The van der Waals surface area contributed by atoms with Crippen LogP contribution < -0.4 is 5.56 Å². The van der Waals surface area contributed by atoms with Crippen molar-refractivity contribution in [3.63, 3.8) is 0 Å². The van der Waals surface area contributed by atoms with Crippen molar-refractivity contribution < 1.29 is 17.2 Å². The smallest absolute Gasteiger partial charge is 0.274 e. The van der Waals surface area contributed by atoms with Gasteiger partial charge in [0, 0.05) is 53.1 Å². The first-order valence-electron chi connectivity index (χ1n) is 12.0. The minimum Gasteiger partial charge on any atom is -0.294 e. The van der Waals surface area contributed by atoms with E-state index in [0.29, 0.717) is 16.8 Å². The van der Waals surface area contributed by atoms with Crippen molar-refractivity contribution in [1.82, 2.24) is 18.9 Å². The average Bonchev–Trinajstić information content (AvgIpc) is 3.32. The summed E-state index contributed by atoms with van der Waals surface area (Å²) in [6.45, 7) is 3.26. The summed E-state index contributed by atoms with van der Waals surface area (Å²) in [5.74, 6) is -1.86. The number of sulfone groups is 1. The zero-order chi connectivity index (χ0) is 27.8. The lowest BCUT2D eigenvalue weighted by molar-refractivity contribution is 0.569. The van der Waals surface area contributed by atoms with Crippen molar-refractivity contribution in [3.8, 4) is 16.9 Å². The summed E-state index contributed by atoms with van der Waals surface area (Å²) < 4.78 is 58.5. The Labute approximate surface area is 231 Å². The fourth-order valence-corrected chi connectivity index (χ4v) is 7.12. The summed E-state index contributed by atoms with van der Waals surface area (Å²) in [6, 6.07) is 5.45. The maximum atomic E-state index is 16.1. The van der Waals surface area contributed by atoms with Crippen molar-refractivity contribution in [2.24, 2.45) is 0 Å². The van der Waals surface area contributed by atoms with Gasteiger partial charge in [0.05, 0.1) is 5.69 Å². The Hall–Kier alpha value is -3.41. The Morgan fingerprint density at radius 3 is 2.64 bits per heavy atom. The first kappa shape index (κ1) is 25.8. The number of halogens is 3. The lowest BCUT2D eigenvalue weighted by Crippen LogP contribution is -2.24. The summed E-state index contributed by atoms with van der Waals surface area (Å²) in [5.41, 5.74) is 1.13. The normalized spacial score (nSPS) is 17.2. The van der Waals surface area contributed by atoms with Gasteiger partial charge in [-0.15, -0.1) is 11.3 Å². The Morgan fingerprint density at radius 2 is 1.90 bits per heavy atom. The highest BCUT2D eigenvalue weighted by Gasteiger charge is 2.43. The maximum Gasteiger partial charge on any atom is 0.274 e. The molecule has 0 saturated heterocycles. The van der Waals surface area contributed by atoms with Gasteiger partial charge in [-0.25, -0.2) is 22.2 Å². The molecular weight excluding hydrogens is 566 g/mol. The molecule has 0 bridgehead atoms. The monoisotopic (exact) mass is 586 g/mol. The van der Waals surface area contributed by atoms with Crippen molar-refractivity contribution in [2.75, 3.05) is 6.26 Å². The van der Waals surface area contributed by atoms with Gasteiger partial charge < -0.3 is 0 Å². The molecule has 7 nitrogen and oxygen atoms in total. The second-order valence-corrected chi connectivity index (χ2v) is 12.9. The zero-order valence-corrected chi connectivity index (χ0v) is 23.3. The fourth-order valence-electron chi connectivity index (χ4n) is 5.16. The molecule has 0 amide bonds. The van der Waals surface area contributed by atoms with E-state index >= 15 is 8.78 Å². The van der Waals surface area contributed by atoms with Crippen LogP contribution in [-0.2, 0) is 9.84 Å². The van der Waals surface area contributed by atoms with Crippen LogP contribution in [0.25, 0.3) is 21.9 Å². The Morgan fingerprint density at radius 1 is 1.13 bits per heavy atom.